The monoisotopic (exact) mass is 274 g/mol. The zero-order valence-electron chi connectivity index (χ0n) is 10.3. The van der Waals surface area contributed by atoms with Gasteiger partial charge in [0.05, 0.1) is 17.7 Å². The predicted octanol–water partition coefficient (Wildman–Crippen LogP) is 2.10. The quantitative estimate of drug-likeness (QED) is 0.894. The molecule has 6 heteroatoms. The first-order chi connectivity index (χ1) is 9.56. The predicted molar refractivity (Wildman–Crippen MR) is 69.9 cm³/mol. The number of hydrogen-bond acceptors (Lipinski definition) is 3. The molecule has 0 fully saturated rings. The Morgan fingerprint density at radius 1 is 1.25 bits per heavy atom. The fourth-order valence-electron chi connectivity index (χ4n) is 1.66. The summed E-state index contributed by atoms with van der Waals surface area (Å²) < 4.78 is 13.0. The van der Waals surface area contributed by atoms with Gasteiger partial charge in [0, 0.05) is 11.9 Å². The zero-order valence-corrected chi connectivity index (χ0v) is 10.3. The summed E-state index contributed by atoms with van der Waals surface area (Å²) in [6.07, 6.45) is 1.57. The molecular formula is C14H11FN2O3. The maximum absolute atomic E-state index is 13.0. The molecular weight excluding hydrogens is 263 g/mol. The van der Waals surface area contributed by atoms with E-state index in [4.69, 9.17) is 5.11 Å². The number of anilines is 1. The maximum Gasteiger partial charge on any atom is 0.337 e. The third-order valence-electron chi connectivity index (χ3n) is 2.55. The molecule has 0 saturated heterocycles. The Balaban J connectivity index is 2.14. The normalized spacial score (nSPS) is 10.1. The number of rotatable bonds is 4. The fraction of sp³-hybridized carbons (Fsp3) is 0.0714. The second kappa shape index (κ2) is 5.92. The van der Waals surface area contributed by atoms with Gasteiger partial charge in [-0.2, -0.15) is 0 Å². The second-order valence-electron chi connectivity index (χ2n) is 4.04. The molecule has 5 nitrogen and oxygen atoms in total. The van der Waals surface area contributed by atoms with E-state index in [2.05, 4.69) is 10.3 Å². The van der Waals surface area contributed by atoms with E-state index in [-0.39, 0.29) is 17.7 Å². The topological polar surface area (TPSA) is 79.3 Å². The number of benzene rings is 1. The van der Waals surface area contributed by atoms with Crippen LogP contribution in [0, 0.1) is 5.82 Å². The summed E-state index contributed by atoms with van der Waals surface area (Å²) in [6, 6.07) is 8.32. The van der Waals surface area contributed by atoms with Crippen molar-refractivity contribution < 1.29 is 19.1 Å². The second-order valence-corrected chi connectivity index (χ2v) is 4.04. The van der Waals surface area contributed by atoms with Crippen LogP contribution in [0.3, 0.4) is 0 Å². The van der Waals surface area contributed by atoms with Crippen LogP contribution < -0.4 is 5.32 Å². The van der Waals surface area contributed by atoms with Crippen molar-refractivity contribution in [1.29, 1.82) is 0 Å². The van der Waals surface area contributed by atoms with Crippen molar-refractivity contribution in [1.82, 2.24) is 4.98 Å². The van der Waals surface area contributed by atoms with Crippen LogP contribution in [-0.4, -0.2) is 22.0 Å². The Bertz CT molecular complexity index is 644. The molecule has 0 aliphatic carbocycles. The average molecular weight is 274 g/mol. The minimum absolute atomic E-state index is 0.0112. The van der Waals surface area contributed by atoms with Gasteiger partial charge in [0.2, 0.25) is 5.91 Å². The lowest BCUT2D eigenvalue weighted by molar-refractivity contribution is -0.115. The standard InChI is InChI=1S/C14H11FN2O3/c15-9-4-5-12(11(7-9)14(19)20)17-13(18)8-10-3-1-2-6-16-10/h1-7H,8H2,(H,17,18)(H,19,20). The first kappa shape index (κ1) is 13.7. The molecule has 0 unspecified atom stereocenters. The largest absolute Gasteiger partial charge is 0.478 e. The van der Waals surface area contributed by atoms with Crippen LogP contribution in [-0.2, 0) is 11.2 Å². The average Bonchev–Trinajstić information content (AvgIpc) is 2.41. The van der Waals surface area contributed by atoms with E-state index in [1.807, 2.05) is 0 Å². The molecule has 0 aliphatic heterocycles. The van der Waals surface area contributed by atoms with E-state index in [0.717, 1.165) is 12.1 Å². The molecule has 0 spiro atoms. The molecule has 1 amide bonds. The number of carbonyl (C=O) groups is 2. The summed E-state index contributed by atoms with van der Waals surface area (Å²) >= 11 is 0. The summed E-state index contributed by atoms with van der Waals surface area (Å²) in [5.74, 6) is -2.40. The van der Waals surface area contributed by atoms with E-state index < -0.39 is 17.7 Å². The lowest BCUT2D eigenvalue weighted by Crippen LogP contribution is -2.17. The zero-order chi connectivity index (χ0) is 14.5. The highest BCUT2D eigenvalue weighted by atomic mass is 19.1. The Hall–Kier alpha value is -2.76. The van der Waals surface area contributed by atoms with Crippen molar-refractivity contribution in [3.05, 3.63) is 59.7 Å². The van der Waals surface area contributed by atoms with E-state index >= 15 is 0 Å². The molecule has 102 valence electrons. The van der Waals surface area contributed by atoms with Crippen molar-refractivity contribution in [2.45, 2.75) is 6.42 Å². The number of nitrogens with zero attached hydrogens (tertiary/aromatic N) is 1. The molecule has 2 N–H and O–H groups in total. The number of carboxylic acid groups (broad SMARTS) is 1. The maximum atomic E-state index is 13.0. The van der Waals surface area contributed by atoms with E-state index in [1.54, 1.807) is 24.4 Å². The van der Waals surface area contributed by atoms with Gasteiger partial charge in [-0.15, -0.1) is 0 Å². The van der Waals surface area contributed by atoms with Crippen molar-refractivity contribution >= 4 is 17.6 Å². The summed E-state index contributed by atoms with van der Waals surface area (Å²) in [5, 5.41) is 11.4. The van der Waals surface area contributed by atoms with Crippen LogP contribution in [0.25, 0.3) is 0 Å². The number of nitrogens with one attached hydrogen (secondary N) is 1. The van der Waals surface area contributed by atoms with Gasteiger partial charge in [0.1, 0.15) is 5.82 Å². The minimum atomic E-state index is -1.31. The molecule has 20 heavy (non-hydrogen) atoms. The molecule has 2 aromatic rings. The van der Waals surface area contributed by atoms with E-state index in [0.29, 0.717) is 5.69 Å². The third kappa shape index (κ3) is 3.38. The van der Waals surface area contributed by atoms with Gasteiger partial charge in [0.15, 0.2) is 0 Å². The fourth-order valence-corrected chi connectivity index (χ4v) is 1.66. The Morgan fingerprint density at radius 3 is 2.70 bits per heavy atom. The smallest absolute Gasteiger partial charge is 0.337 e. The first-order valence-electron chi connectivity index (χ1n) is 5.79. The third-order valence-corrected chi connectivity index (χ3v) is 2.55. The molecule has 2 rings (SSSR count). The van der Waals surface area contributed by atoms with Crippen LogP contribution in [0.1, 0.15) is 16.1 Å². The van der Waals surface area contributed by atoms with Gasteiger partial charge in [-0.3, -0.25) is 9.78 Å². The van der Waals surface area contributed by atoms with E-state index in [1.165, 1.54) is 6.07 Å². The summed E-state index contributed by atoms with van der Waals surface area (Å²) in [4.78, 5) is 26.8. The van der Waals surface area contributed by atoms with Crippen molar-refractivity contribution in [2.75, 3.05) is 5.32 Å². The van der Waals surface area contributed by atoms with Crippen LogP contribution in [0.4, 0.5) is 10.1 Å². The highest BCUT2D eigenvalue weighted by Crippen LogP contribution is 2.17. The van der Waals surface area contributed by atoms with Crippen molar-refractivity contribution in [3.63, 3.8) is 0 Å². The molecule has 1 aromatic carbocycles. The highest BCUT2D eigenvalue weighted by molar-refractivity contribution is 6.00. The number of carbonyl (C=O) groups excluding carboxylic acids is 1. The molecule has 1 aromatic heterocycles. The van der Waals surface area contributed by atoms with Gasteiger partial charge in [-0.1, -0.05) is 6.07 Å². The van der Waals surface area contributed by atoms with Gasteiger partial charge in [-0.05, 0) is 30.3 Å². The van der Waals surface area contributed by atoms with Crippen LogP contribution in [0.5, 0.6) is 0 Å². The SMILES string of the molecule is O=C(Cc1ccccn1)Nc1ccc(F)cc1C(=O)O. The molecule has 1 heterocycles. The van der Waals surface area contributed by atoms with E-state index in [9.17, 15) is 14.0 Å². The molecule has 0 atom stereocenters. The number of halogens is 1. The number of amides is 1. The minimum Gasteiger partial charge on any atom is -0.478 e. The van der Waals surface area contributed by atoms with Crippen LogP contribution >= 0.6 is 0 Å². The Kier molecular flexibility index (Phi) is 4.05. The van der Waals surface area contributed by atoms with Crippen molar-refractivity contribution in [2.24, 2.45) is 0 Å². The van der Waals surface area contributed by atoms with Crippen LogP contribution in [0.15, 0.2) is 42.6 Å². The van der Waals surface area contributed by atoms with Crippen LogP contribution in [0.2, 0.25) is 0 Å². The molecule has 0 radical (unpaired) electrons. The first-order valence-corrected chi connectivity index (χ1v) is 5.79. The number of aromatic nitrogens is 1. The van der Waals surface area contributed by atoms with Gasteiger partial charge >= 0.3 is 5.97 Å². The van der Waals surface area contributed by atoms with Crippen molar-refractivity contribution in [3.8, 4) is 0 Å². The van der Waals surface area contributed by atoms with Gasteiger partial charge in [0.25, 0.3) is 0 Å². The molecule has 0 saturated carbocycles. The lowest BCUT2D eigenvalue weighted by atomic mass is 10.1. The number of hydrogen-bond donors (Lipinski definition) is 2. The number of pyridine rings is 1. The lowest BCUT2D eigenvalue weighted by Gasteiger charge is -2.08. The number of carboxylic acids is 1. The summed E-state index contributed by atoms with van der Waals surface area (Å²) in [6.45, 7) is 0. The highest BCUT2D eigenvalue weighted by Gasteiger charge is 2.14. The Labute approximate surface area is 114 Å². The Morgan fingerprint density at radius 2 is 2.05 bits per heavy atom. The molecule has 0 aliphatic rings. The summed E-state index contributed by atoms with van der Waals surface area (Å²) in [5.41, 5.74) is 0.322. The van der Waals surface area contributed by atoms with Gasteiger partial charge in [-0.25, -0.2) is 9.18 Å². The van der Waals surface area contributed by atoms with Gasteiger partial charge < -0.3 is 10.4 Å². The molecule has 0 bridgehead atoms. The number of aromatic carboxylic acids is 1. The summed E-state index contributed by atoms with van der Waals surface area (Å²) in [7, 11) is 0.